The molecule has 8 heteroatoms. The molecule has 1 saturated heterocycles. The van der Waals surface area contributed by atoms with Crippen molar-refractivity contribution in [3.8, 4) is 0 Å². The largest absolute Gasteiger partial charge is 0.269 e. The number of benzene rings is 2. The number of nitrogens with one attached hydrogen (secondary N) is 2. The van der Waals surface area contributed by atoms with Gasteiger partial charge in [0, 0.05) is 24.7 Å². The summed E-state index contributed by atoms with van der Waals surface area (Å²) in [7, 11) is -3.50. The van der Waals surface area contributed by atoms with Gasteiger partial charge in [-0.05, 0) is 48.7 Å². The van der Waals surface area contributed by atoms with Gasteiger partial charge in [-0.3, -0.25) is 20.4 Å². The fourth-order valence-electron chi connectivity index (χ4n) is 3.18. The smallest absolute Gasteiger partial charge is 0.268 e. The molecule has 0 aliphatic carbocycles. The van der Waals surface area contributed by atoms with E-state index >= 15 is 0 Å². The highest BCUT2D eigenvalue weighted by Gasteiger charge is 2.24. The van der Waals surface area contributed by atoms with Crippen molar-refractivity contribution in [3.05, 3.63) is 71.8 Å². The Morgan fingerprint density at radius 2 is 1.47 bits per heavy atom. The first-order valence-corrected chi connectivity index (χ1v) is 11.3. The summed E-state index contributed by atoms with van der Waals surface area (Å²) in [6.07, 6.45) is 6.70. The number of hydrogen-bond acceptors (Lipinski definition) is 4. The number of carbonyl (C=O) groups is 2. The first kappa shape index (κ1) is 21.7. The van der Waals surface area contributed by atoms with Gasteiger partial charge in [0.2, 0.25) is 10.0 Å². The van der Waals surface area contributed by atoms with Gasteiger partial charge in [-0.25, -0.2) is 8.42 Å². The van der Waals surface area contributed by atoms with E-state index in [4.69, 9.17) is 0 Å². The van der Waals surface area contributed by atoms with Gasteiger partial charge in [-0.2, -0.15) is 4.31 Å². The molecular formula is C22H25N3O4S. The van der Waals surface area contributed by atoms with Crippen LogP contribution in [0.4, 0.5) is 0 Å². The molecule has 1 aliphatic rings. The van der Waals surface area contributed by atoms with Crippen molar-refractivity contribution in [2.45, 2.75) is 30.6 Å². The molecule has 158 valence electrons. The van der Waals surface area contributed by atoms with Crippen molar-refractivity contribution in [2.24, 2.45) is 0 Å². The predicted molar refractivity (Wildman–Crippen MR) is 115 cm³/mol. The Labute approximate surface area is 176 Å². The molecule has 2 aromatic carbocycles. The van der Waals surface area contributed by atoms with Crippen LogP contribution in [-0.4, -0.2) is 37.6 Å². The molecule has 0 spiro atoms. The highest BCUT2D eigenvalue weighted by atomic mass is 32.2. The highest BCUT2D eigenvalue weighted by molar-refractivity contribution is 7.89. The van der Waals surface area contributed by atoms with Gasteiger partial charge in [0.05, 0.1) is 4.90 Å². The van der Waals surface area contributed by atoms with Gasteiger partial charge in [0.1, 0.15) is 0 Å². The lowest BCUT2D eigenvalue weighted by atomic mass is 10.2. The molecule has 3 rings (SSSR count). The third kappa shape index (κ3) is 5.77. The first-order chi connectivity index (χ1) is 14.5. The molecule has 1 heterocycles. The van der Waals surface area contributed by atoms with Crippen molar-refractivity contribution in [3.63, 3.8) is 0 Å². The van der Waals surface area contributed by atoms with Crippen molar-refractivity contribution in [2.75, 3.05) is 13.1 Å². The predicted octanol–water partition coefficient (Wildman–Crippen LogP) is 2.73. The molecule has 7 nitrogen and oxygen atoms in total. The van der Waals surface area contributed by atoms with Crippen LogP contribution < -0.4 is 10.9 Å². The second kappa shape index (κ2) is 10.2. The molecule has 0 bridgehead atoms. The topological polar surface area (TPSA) is 95.6 Å². The Kier molecular flexibility index (Phi) is 7.37. The maximum Gasteiger partial charge on any atom is 0.269 e. The quantitative estimate of drug-likeness (QED) is 0.567. The minimum atomic E-state index is -3.50. The van der Waals surface area contributed by atoms with E-state index in [0.29, 0.717) is 24.2 Å². The first-order valence-electron chi connectivity index (χ1n) is 9.90. The van der Waals surface area contributed by atoms with Gasteiger partial charge in [0.25, 0.3) is 11.8 Å². The van der Waals surface area contributed by atoms with Crippen LogP contribution in [0.2, 0.25) is 0 Å². The van der Waals surface area contributed by atoms with Gasteiger partial charge in [-0.1, -0.05) is 43.2 Å². The summed E-state index contributed by atoms with van der Waals surface area (Å²) in [6, 6.07) is 14.9. The van der Waals surface area contributed by atoms with Crippen molar-refractivity contribution in [1.82, 2.24) is 15.2 Å². The Bertz CT molecular complexity index is 994. The number of nitrogens with zero attached hydrogens (tertiary/aromatic N) is 1. The maximum absolute atomic E-state index is 12.8. The third-order valence-corrected chi connectivity index (χ3v) is 6.76. The van der Waals surface area contributed by atoms with Crippen LogP contribution >= 0.6 is 0 Å². The summed E-state index contributed by atoms with van der Waals surface area (Å²) in [5.41, 5.74) is 5.75. The van der Waals surface area contributed by atoms with E-state index in [1.165, 1.54) is 6.08 Å². The van der Waals surface area contributed by atoms with Crippen LogP contribution in [0.25, 0.3) is 6.08 Å². The third-order valence-electron chi connectivity index (χ3n) is 4.85. The summed E-state index contributed by atoms with van der Waals surface area (Å²) in [4.78, 5) is 24.0. The summed E-state index contributed by atoms with van der Waals surface area (Å²) >= 11 is 0. The summed E-state index contributed by atoms with van der Waals surface area (Å²) in [5, 5.41) is 0. The minimum absolute atomic E-state index is 0.251. The molecule has 30 heavy (non-hydrogen) atoms. The monoisotopic (exact) mass is 427 g/mol. The van der Waals surface area contributed by atoms with Crippen LogP contribution in [0, 0.1) is 0 Å². The van der Waals surface area contributed by atoms with Crippen LogP contribution in [0.3, 0.4) is 0 Å². The van der Waals surface area contributed by atoms with Crippen molar-refractivity contribution >= 4 is 27.9 Å². The molecule has 0 saturated carbocycles. The summed E-state index contributed by atoms with van der Waals surface area (Å²) < 4.78 is 27.1. The number of amides is 2. The minimum Gasteiger partial charge on any atom is -0.268 e. The second-order valence-corrected chi connectivity index (χ2v) is 8.97. The fraction of sp³-hybridized carbons (Fsp3) is 0.273. The van der Waals surface area contributed by atoms with Crippen LogP contribution in [0.5, 0.6) is 0 Å². The van der Waals surface area contributed by atoms with Crippen molar-refractivity contribution in [1.29, 1.82) is 0 Å². The molecule has 2 amide bonds. The zero-order chi connectivity index (χ0) is 21.4. The molecule has 1 fully saturated rings. The van der Waals surface area contributed by atoms with Crippen molar-refractivity contribution < 1.29 is 18.0 Å². The molecule has 0 atom stereocenters. The highest BCUT2D eigenvalue weighted by Crippen LogP contribution is 2.20. The molecule has 2 aromatic rings. The number of rotatable bonds is 5. The zero-order valence-corrected chi connectivity index (χ0v) is 17.4. The zero-order valence-electron chi connectivity index (χ0n) is 16.6. The lowest BCUT2D eigenvalue weighted by Gasteiger charge is -2.19. The Morgan fingerprint density at radius 3 is 2.10 bits per heavy atom. The summed E-state index contributed by atoms with van der Waals surface area (Å²) in [6.45, 7) is 1.11. The Hall–Kier alpha value is -2.97. The standard InChI is InChI=1S/C22H25N3O4S/c26-21(23-24-22(27)19-8-4-3-5-9-19)15-12-18-10-13-20(14-11-18)30(28,29)25-16-6-1-2-7-17-25/h3-5,8-15H,1-2,6-7,16-17H2,(H,23,26)(H,24,27)/b15-12+. The van der Waals surface area contributed by atoms with Gasteiger partial charge >= 0.3 is 0 Å². The average Bonchev–Trinajstić information content (AvgIpc) is 3.07. The van der Waals surface area contributed by atoms with E-state index < -0.39 is 21.8 Å². The lowest BCUT2D eigenvalue weighted by Crippen LogP contribution is -2.40. The Balaban J connectivity index is 1.56. The molecule has 2 N–H and O–H groups in total. The summed E-state index contributed by atoms with van der Waals surface area (Å²) in [5.74, 6) is -0.916. The maximum atomic E-state index is 12.8. The van der Waals surface area contributed by atoms with E-state index in [9.17, 15) is 18.0 Å². The van der Waals surface area contributed by atoms with Gasteiger partial charge < -0.3 is 0 Å². The number of hydrazine groups is 1. The van der Waals surface area contributed by atoms with Gasteiger partial charge in [0.15, 0.2) is 0 Å². The SMILES string of the molecule is O=C(/C=C/c1ccc(S(=O)(=O)N2CCCCCC2)cc1)NNC(=O)c1ccccc1. The van der Waals surface area contributed by atoms with Gasteiger partial charge in [-0.15, -0.1) is 0 Å². The van der Waals surface area contributed by atoms with E-state index in [2.05, 4.69) is 10.9 Å². The van der Waals surface area contributed by atoms with E-state index in [0.717, 1.165) is 25.7 Å². The lowest BCUT2D eigenvalue weighted by molar-refractivity contribution is -0.117. The molecule has 0 radical (unpaired) electrons. The Morgan fingerprint density at radius 1 is 0.833 bits per heavy atom. The van der Waals surface area contributed by atoms with E-state index in [1.54, 1.807) is 65.0 Å². The molecule has 0 unspecified atom stereocenters. The van der Waals surface area contributed by atoms with E-state index in [-0.39, 0.29) is 4.90 Å². The molecule has 1 aliphatic heterocycles. The average molecular weight is 428 g/mol. The normalized spacial score (nSPS) is 15.5. The molecule has 0 aromatic heterocycles. The van der Waals surface area contributed by atoms with E-state index in [1.807, 2.05) is 0 Å². The fourth-order valence-corrected chi connectivity index (χ4v) is 4.69. The second-order valence-electron chi connectivity index (χ2n) is 7.03. The van der Waals surface area contributed by atoms with Crippen LogP contribution in [0.1, 0.15) is 41.6 Å². The van der Waals surface area contributed by atoms with Crippen LogP contribution in [-0.2, 0) is 14.8 Å². The number of sulfonamides is 1. The number of carbonyl (C=O) groups excluding carboxylic acids is 2. The number of hydrogen-bond donors (Lipinski definition) is 2. The van der Waals surface area contributed by atoms with Crippen LogP contribution in [0.15, 0.2) is 65.6 Å². The molecular weight excluding hydrogens is 402 g/mol.